The average molecular weight is 269 g/mol. The Morgan fingerprint density at radius 2 is 1.74 bits per heavy atom. The molecule has 2 aliphatic heterocycles. The van der Waals surface area contributed by atoms with Gasteiger partial charge in [-0.3, -0.25) is 4.79 Å². The summed E-state index contributed by atoms with van der Waals surface area (Å²) in [5.41, 5.74) is -0.0314. The van der Waals surface area contributed by atoms with Crippen molar-refractivity contribution in [2.45, 2.75) is 43.9 Å². The number of Topliss-reactive ketones (excluding diaryl/α,β-unsaturated/α-hetero) is 1. The van der Waals surface area contributed by atoms with Crippen LogP contribution in [0.4, 0.5) is 18.9 Å². The molecule has 0 spiro atoms. The molecule has 2 unspecified atom stereocenters. The third-order valence-corrected chi connectivity index (χ3v) is 4.02. The van der Waals surface area contributed by atoms with Crippen molar-refractivity contribution in [1.29, 1.82) is 0 Å². The number of ketones is 1. The number of alkyl halides is 3. The predicted octanol–water partition coefficient (Wildman–Crippen LogP) is 3.41. The standard InChI is InChI=1S/C14H14F3NO/c15-14(16,17)9-2-1-3-10(6-9)18-11-4-5-12(18)8-13(19)7-11/h1-3,6,11-12H,4-5,7-8H2. The van der Waals surface area contributed by atoms with Gasteiger partial charge in [-0.15, -0.1) is 0 Å². The minimum atomic E-state index is -4.32. The number of rotatable bonds is 1. The molecule has 0 N–H and O–H groups in total. The summed E-state index contributed by atoms with van der Waals surface area (Å²) in [6.45, 7) is 0. The number of hydrogen-bond donors (Lipinski definition) is 0. The van der Waals surface area contributed by atoms with Crippen LogP contribution in [0.1, 0.15) is 31.2 Å². The third kappa shape index (κ3) is 2.22. The predicted molar refractivity (Wildman–Crippen MR) is 65.0 cm³/mol. The lowest BCUT2D eigenvalue weighted by Crippen LogP contribution is -2.43. The van der Waals surface area contributed by atoms with E-state index in [4.69, 9.17) is 0 Å². The van der Waals surface area contributed by atoms with Crippen molar-refractivity contribution in [2.24, 2.45) is 0 Å². The van der Waals surface area contributed by atoms with Gasteiger partial charge >= 0.3 is 6.18 Å². The molecule has 2 fully saturated rings. The van der Waals surface area contributed by atoms with E-state index in [9.17, 15) is 18.0 Å². The van der Waals surface area contributed by atoms with Crippen molar-refractivity contribution in [3.8, 4) is 0 Å². The van der Waals surface area contributed by atoms with Crippen LogP contribution in [0.5, 0.6) is 0 Å². The summed E-state index contributed by atoms with van der Waals surface area (Å²) in [5, 5.41) is 0. The van der Waals surface area contributed by atoms with E-state index in [1.54, 1.807) is 6.07 Å². The number of anilines is 1. The molecule has 2 aliphatic rings. The monoisotopic (exact) mass is 269 g/mol. The van der Waals surface area contributed by atoms with Crippen LogP contribution in [0.15, 0.2) is 24.3 Å². The lowest BCUT2D eigenvalue weighted by Gasteiger charge is -2.36. The fraction of sp³-hybridized carbons (Fsp3) is 0.500. The molecular weight excluding hydrogens is 255 g/mol. The van der Waals surface area contributed by atoms with Crippen LogP contribution in [-0.4, -0.2) is 17.9 Å². The highest BCUT2D eigenvalue weighted by molar-refractivity contribution is 5.83. The molecule has 19 heavy (non-hydrogen) atoms. The zero-order valence-corrected chi connectivity index (χ0v) is 10.3. The highest BCUT2D eigenvalue weighted by atomic mass is 19.4. The lowest BCUT2D eigenvalue weighted by molar-refractivity contribution is -0.137. The topological polar surface area (TPSA) is 20.3 Å². The van der Waals surface area contributed by atoms with E-state index in [1.807, 2.05) is 4.90 Å². The van der Waals surface area contributed by atoms with Gasteiger partial charge in [-0.2, -0.15) is 13.2 Å². The Labute approximate surface area is 109 Å². The molecule has 2 nitrogen and oxygen atoms in total. The Morgan fingerprint density at radius 1 is 1.11 bits per heavy atom. The fourth-order valence-electron chi connectivity index (χ4n) is 3.24. The Morgan fingerprint density at radius 3 is 2.32 bits per heavy atom. The van der Waals surface area contributed by atoms with Crippen molar-refractivity contribution in [3.63, 3.8) is 0 Å². The molecule has 2 heterocycles. The van der Waals surface area contributed by atoms with Crippen LogP contribution >= 0.6 is 0 Å². The molecule has 3 rings (SSSR count). The van der Waals surface area contributed by atoms with Crippen molar-refractivity contribution in [2.75, 3.05) is 4.90 Å². The van der Waals surface area contributed by atoms with Crippen LogP contribution in [0.2, 0.25) is 0 Å². The van der Waals surface area contributed by atoms with Crippen molar-refractivity contribution >= 4 is 11.5 Å². The first kappa shape index (κ1) is 12.5. The fourth-order valence-corrected chi connectivity index (χ4v) is 3.24. The summed E-state index contributed by atoms with van der Waals surface area (Å²) >= 11 is 0. The number of halogens is 3. The molecule has 2 atom stereocenters. The first-order chi connectivity index (χ1) is 8.95. The Kier molecular flexibility index (Phi) is 2.80. The first-order valence-corrected chi connectivity index (χ1v) is 6.42. The third-order valence-electron chi connectivity index (χ3n) is 4.02. The number of carbonyl (C=O) groups excluding carboxylic acids is 1. The summed E-state index contributed by atoms with van der Waals surface area (Å²) in [5.74, 6) is 0.232. The van der Waals surface area contributed by atoms with E-state index in [0.717, 1.165) is 18.9 Å². The van der Waals surface area contributed by atoms with Crippen LogP contribution in [-0.2, 0) is 11.0 Å². The number of carbonyl (C=O) groups is 1. The van der Waals surface area contributed by atoms with E-state index < -0.39 is 11.7 Å². The smallest absolute Gasteiger partial charge is 0.365 e. The van der Waals surface area contributed by atoms with Gasteiger partial charge in [-0.1, -0.05) is 6.07 Å². The largest absolute Gasteiger partial charge is 0.416 e. The Bertz CT molecular complexity index is 496. The summed E-state index contributed by atoms with van der Waals surface area (Å²) in [4.78, 5) is 13.5. The maximum absolute atomic E-state index is 12.7. The zero-order valence-electron chi connectivity index (χ0n) is 10.3. The van der Waals surface area contributed by atoms with Gasteiger partial charge in [0.1, 0.15) is 5.78 Å². The number of fused-ring (bicyclic) bond motifs is 2. The van der Waals surface area contributed by atoms with E-state index in [2.05, 4.69) is 0 Å². The normalized spacial score (nSPS) is 26.9. The molecule has 1 aromatic carbocycles. The second-order valence-electron chi connectivity index (χ2n) is 5.29. The quantitative estimate of drug-likeness (QED) is 0.778. The molecular formula is C14H14F3NO. The number of piperidine rings is 1. The van der Waals surface area contributed by atoms with Gasteiger partial charge in [-0.25, -0.2) is 0 Å². The highest BCUT2D eigenvalue weighted by Crippen LogP contribution is 2.39. The van der Waals surface area contributed by atoms with Crippen molar-refractivity contribution in [1.82, 2.24) is 0 Å². The summed E-state index contributed by atoms with van der Waals surface area (Å²) in [6.07, 6.45) is -1.60. The van der Waals surface area contributed by atoms with E-state index in [-0.39, 0.29) is 17.9 Å². The summed E-state index contributed by atoms with van der Waals surface area (Å²) in [6, 6.07) is 5.58. The average Bonchev–Trinajstić information content (AvgIpc) is 2.61. The second kappa shape index (κ2) is 4.25. The van der Waals surface area contributed by atoms with Gasteiger partial charge < -0.3 is 4.90 Å². The first-order valence-electron chi connectivity index (χ1n) is 6.42. The highest BCUT2D eigenvalue weighted by Gasteiger charge is 2.40. The maximum atomic E-state index is 12.7. The van der Waals surface area contributed by atoms with Crippen molar-refractivity contribution < 1.29 is 18.0 Å². The summed E-state index contributed by atoms with van der Waals surface area (Å²) < 4.78 is 38.2. The molecule has 5 heteroatoms. The molecule has 0 aromatic heterocycles. The lowest BCUT2D eigenvalue weighted by atomic mass is 10.00. The molecule has 0 saturated carbocycles. The van der Waals surface area contributed by atoms with Gasteiger partial charge in [0.05, 0.1) is 5.56 Å². The maximum Gasteiger partial charge on any atom is 0.416 e. The van der Waals surface area contributed by atoms with Crippen molar-refractivity contribution in [3.05, 3.63) is 29.8 Å². The van der Waals surface area contributed by atoms with Crippen LogP contribution in [0.3, 0.4) is 0 Å². The molecule has 0 amide bonds. The molecule has 0 radical (unpaired) electrons. The van der Waals surface area contributed by atoms with Gasteiger partial charge in [0.2, 0.25) is 0 Å². The van der Waals surface area contributed by atoms with Gasteiger partial charge in [-0.05, 0) is 31.0 Å². The van der Waals surface area contributed by atoms with Crippen LogP contribution in [0.25, 0.3) is 0 Å². The molecule has 1 aromatic rings. The number of benzene rings is 1. The van der Waals surface area contributed by atoms with Crippen LogP contribution in [0, 0.1) is 0 Å². The van der Waals surface area contributed by atoms with E-state index in [1.165, 1.54) is 12.1 Å². The van der Waals surface area contributed by atoms with Crippen LogP contribution < -0.4 is 4.90 Å². The van der Waals surface area contributed by atoms with E-state index >= 15 is 0 Å². The Balaban J connectivity index is 1.93. The molecule has 2 saturated heterocycles. The van der Waals surface area contributed by atoms with Gasteiger partial charge in [0.25, 0.3) is 0 Å². The van der Waals surface area contributed by atoms with Gasteiger partial charge in [0.15, 0.2) is 0 Å². The zero-order chi connectivity index (χ0) is 13.6. The Hall–Kier alpha value is -1.52. The molecule has 102 valence electrons. The number of hydrogen-bond acceptors (Lipinski definition) is 2. The van der Waals surface area contributed by atoms with E-state index in [0.29, 0.717) is 18.5 Å². The molecule has 2 bridgehead atoms. The summed E-state index contributed by atoms with van der Waals surface area (Å²) in [7, 11) is 0. The SMILES string of the molecule is O=C1CC2CCC(C1)N2c1cccc(C(F)(F)F)c1. The van der Waals surface area contributed by atoms with Gasteiger partial charge in [0, 0.05) is 30.6 Å². The minimum absolute atomic E-state index is 0.0785. The number of nitrogens with zero attached hydrogens (tertiary/aromatic N) is 1. The molecule has 0 aliphatic carbocycles. The minimum Gasteiger partial charge on any atom is -0.365 e. The second-order valence-corrected chi connectivity index (χ2v) is 5.29.